The summed E-state index contributed by atoms with van der Waals surface area (Å²) in [4.78, 5) is 0. The van der Waals surface area contributed by atoms with Crippen molar-refractivity contribution in [3.63, 3.8) is 0 Å². The van der Waals surface area contributed by atoms with Crippen LogP contribution in [0.15, 0.2) is 88.6 Å². The third-order valence-corrected chi connectivity index (χ3v) is 9.80. The third-order valence-electron chi connectivity index (χ3n) is 9.80. The van der Waals surface area contributed by atoms with E-state index >= 15 is 0 Å². The normalized spacial score (nSPS) is 24.0. The number of epoxide rings is 1. The summed E-state index contributed by atoms with van der Waals surface area (Å²) in [5.74, 6) is 1.04. The van der Waals surface area contributed by atoms with Gasteiger partial charge in [0.1, 0.15) is 41.8 Å². The molecular formula is C41H46O8. The summed E-state index contributed by atoms with van der Waals surface area (Å²) in [6, 6.07) is 14.9. The quantitative estimate of drug-likeness (QED) is 0.118. The Labute approximate surface area is 287 Å². The fourth-order valence-corrected chi connectivity index (χ4v) is 6.68. The highest BCUT2D eigenvalue weighted by atomic mass is 16.9. The number of phenolic OH excluding ortho intramolecular Hbond substituents is 1. The van der Waals surface area contributed by atoms with E-state index in [2.05, 4.69) is 39.8 Å². The van der Waals surface area contributed by atoms with Crippen molar-refractivity contribution < 1.29 is 37.9 Å². The highest BCUT2D eigenvalue weighted by Crippen LogP contribution is 2.45. The average molecular weight is 667 g/mol. The summed E-state index contributed by atoms with van der Waals surface area (Å²) in [7, 11) is 0. The van der Waals surface area contributed by atoms with Gasteiger partial charge in [0.05, 0.1) is 35.1 Å². The molecule has 3 aliphatic rings. The maximum atomic E-state index is 9.97. The lowest BCUT2D eigenvalue weighted by Crippen LogP contribution is -2.38. The standard InChI is InChI=1S/C41H46O8/c1-26(7-13-36-39(3,4)47-36)16-20-43-31-11-9-28-15-19-41(46-34(28)25-31)48-37(40(5,6)49-41)14-8-27(2)17-21-45-38-32-12-10-30(42)23-29(32)24-35-33(38)18-22-44-35/h9-12,15-19,22-25,36-37,42H,7-8,13-14,20-21H2,1-6H3/t36?,37-,41-/m1/s1. The molecule has 4 heterocycles. The van der Waals surface area contributed by atoms with E-state index in [1.807, 2.05) is 62.4 Å². The molecule has 1 N–H and O–H groups in total. The summed E-state index contributed by atoms with van der Waals surface area (Å²) in [6.45, 7) is 13.5. The predicted octanol–water partition coefficient (Wildman–Crippen LogP) is 9.63. The maximum absolute atomic E-state index is 9.97. The first-order valence-corrected chi connectivity index (χ1v) is 17.2. The van der Waals surface area contributed by atoms with Crippen molar-refractivity contribution in [1.82, 2.24) is 0 Å². The fourth-order valence-electron chi connectivity index (χ4n) is 6.68. The largest absolute Gasteiger partial charge is 0.508 e. The monoisotopic (exact) mass is 666 g/mol. The highest BCUT2D eigenvalue weighted by Gasteiger charge is 2.54. The zero-order valence-electron chi connectivity index (χ0n) is 29.2. The molecule has 1 unspecified atom stereocenters. The second-order valence-corrected chi connectivity index (χ2v) is 14.5. The van der Waals surface area contributed by atoms with Crippen LogP contribution in [0.3, 0.4) is 0 Å². The van der Waals surface area contributed by atoms with E-state index in [4.69, 9.17) is 32.8 Å². The van der Waals surface area contributed by atoms with E-state index in [-0.39, 0.29) is 17.5 Å². The van der Waals surface area contributed by atoms with Crippen molar-refractivity contribution in [2.75, 3.05) is 13.2 Å². The molecule has 0 radical (unpaired) electrons. The molecule has 0 aliphatic carbocycles. The van der Waals surface area contributed by atoms with Gasteiger partial charge in [-0.2, -0.15) is 0 Å². The van der Waals surface area contributed by atoms with Crippen LogP contribution in [0.25, 0.3) is 27.8 Å². The molecule has 3 atom stereocenters. The highest BCUT2D eigenvalue weighted by molar-refractivity contribution is 6.03. The minimum atomic E-state index is -1.30. The molecule has 8 nitrogen and oxygen atoms in total. The lowest BCUT2D eigenvalue weighted by molar-refractivity contribution is -0.270. The Morgan fingerprint density at radius 1 is 0.816 bits per heavy atom. The van der Waals surface area contributed by atoms with E-state index in [0.717, 1.165) is 64.5 Å². The summed E-state index contributed by atoms with van der Waals surface area (Å²) in [6.07, 6.45) is 13.5. The van der Waals surface area contributed by atoms with Crippen LogP contribution in [-0.2, 0) is 14.2 Å². The molecule has 3 aromatic carbocycles. The first-order valence-electron chi connectivity index (χ1n) is 17.2. The van der Waals surface area contributed by atoms with Gasteiger partial charge < -0.3 is 37.9 Å². The topological polar surface area (TPSA) is 92.1 Å². The third kappa shape index (κ3) is 7.23. The van der Waals surface area contributed by atoms with Gasteiger partial charge in [0.25, 0.3) is 0 Å². The molecule has 7 rings (SSSR count). The Bertz CT molecular complexity index is 1950. The lowest BCUT2D eigenvalue weighted by Gasteiger charge is -2.30. The Balaban J connectivity index is 0.938. The number of hydrogen-bond acceptors (Lipinski definition) is 8. The number of fused-ring (bicyclic) bond motifs is 3. The molecule has 49 heavy (non-hydrogen) atoms. The van der Waals surface area contributed by atoms with Crippen LogP contribution < -0.4 is 14.2 Å². The number of furan rings is 1. The summed E-state index contributed by atoms with van der Waals surface area (Å²) >= 11 is 0. The molecule has 258 valence electrons. The number of benzene rings is 3. The van der Waals surface area contributed by atoms with Gasteiger partial charge in [-0.25, -0.2) is 0 Å². The zero-order valence-corrected chi connectivity index (χ0v) is 29.2. The van der Waals surface area contributed by atoms with Gasteiger partial charge in [0.2, 0.25) is 0 Å². The summed E-state index contributed by atoms with van der Waals surface area (Å²) in [5, 5.41) is 12.7. The number of phenols is 1. The van der Waals surface area contributed by atoms with Gasteiger partial charge in [-0.05, 0) is 133 Å². The molecule has 2 fully saturated rings. The number of allylic oxidation sites excluding steroid dienone is 2. The van der Waals surface area contributed by atoms with Crippen LogP contribution in [0.1, 0.15) is 72.8 Å². The van der Waals surface area contributed by atoms with Crippen LogP contribution in [0.4, 0.5) is 0 Å². The lowest BCUT2D eigenvalue weighted by atomic mass is 9.96. The molecule has 0 saturated carbocycles. The van der Waals surface area contributed by atoms with E-state index in [1.54, 1.807) is 18.4 Å². The Kier molecular flexibility index (Phi) is 8.76. The Hall–Kier alpha value is -4.24. The Morgan fingerprint density at radius 2 is 1.53 bits per heavy atom. The molecule has 0 amide bonds. The molecule has 1 aromatic heterocycles. The molecular weight excluding hydrogens is 620 g/mol. The van der Waals surface area contributed by atoms with Crippen molar-refractivity contribution >= 4 is 27.8 Å². The van der Waals surface area contributed by atoms with Gasteiger partial charge in [-0.3, -0.25) is 0 Å². The molecule has 4 aromatic rings. The minimum absolute atomic E-state index is 0.0289. The van der Waals surface area contributed by atoms with Gasteiger partial charge in [0.15, 0.2) is 0 Å². The van der Waals surface area contributed by atoms with E-state index in [9.17, 15) is 5.11 Å². The van der Waals surface area contributed by atoms with Crippen molar-refractivity contribution in [3.05, 3.63) is 89.7 Å². The summed E-state index contributed by atoms with van der Waals surface area (Å²) in [5.41, 5.74) is 3.60. The van der Waals surface area contributed by atoms with Gasteiger partial charge in [0, 0.05) is 23.1 Å². The van der Waals surface area contributed by atoms with Crippen LogP contribution in [0, 0.1) is 0 Å². The predicted molar refractivity (Wildman–Crippen MR) is 190 cm³/mol. The van der Waals surface area contributed by atoms with E-state index in [0.29, 0.717) is 25.1 Å². The average Bonchev–Trinajstić information content (AvgIpc) is 3.31. The van der Waals surface area contributed by atoms with Crippen LogP contribution in [0.2, 0.25) is 0 Å². The second-order valence-electron chi connectivity index (χ2n) is 14.5. The first kappa shape index (κ1) is 33.3. The van der Waals surface area contributed by atoms with Crippen LogP contribution in [-0.4, -0.2) is 47.7 Å². The van der Waals surface area contributed by atoms with Crippen LogP contribution in [0.5, 0.6) is 23.0 Å². The van der Waals surface area contributed by atoms with Crippen molar-refractivity contribution in [1.29, 1.82) is 0 Å². The molecule has 1 spiro atoms. The Morgan fingerprint density at radius 3 is 2.27 bits per heavy atom. The van der Waals surface area contributed by atoms with Crippen molar-refractivity contribution in [3.8, 4) is 23.0 Å². The second kappa shape index (κ2) is 12.9. The SMILES string of the molecule is CC(=CCOc1ccc2c(c1)O[C@]1(C=C2)O[C@H](CCC(C)=CCOc2c3ccc(O)cc3cc3occc23)C(C)(C)O1)CCC1OC1(C)C. The van der Waals surface area contributed by atoms with E-state index < -0.39 is 11.6 Å². The zero-order chi connectivity index (χ0) is 34.4. The van der Waals surface area contributed by atoms with Crippen LogP contribution >= 0.6 is 0 Å². The maximum Gasteiger partial charge on any atom is 0.350 e. The van der Waals surface area contributed by atoms with Gasteiger partial charge in [-0.1, -0.05) is 11.1 Å². The van der Waals surface area contributed by atoms with Gasteiger partial charge >= 0.3 is 5.97 Å². The van der Waals surface area contributed by atoms with Crippen molar-refractivity contribution in [2.45, 2.75) is 96.6 Å². The minimum Gasteiger partial charge on any atom is -0.508 e. The molecule has 0 bridgehead atoms. The molecule has 3 aliphatic heterocycles. The number of rotatable bonds is 12. The smallest absolute Gasteiger partial charge is 0.350 e. The molecule has 2 saturated heterocycles. The fraction of sp³-hybridized carbons (Fsp3) is 0.415. The number of ether oxygens (including phenoxy) is 6. The first-order chi connectivity index (χ1) is 23.4. The van der Waals surface area contributed by atoms with Crippen molar-refractivity contribution in [2.24, 2.45) is 0 Å². The van der Waals surface area contributed by atoms with Gasteiger partial charge in [-0.15, -0.1) is 0 Å². The summed E-state index contributed by atoms with van der Waals surface area (Å²) < 4.78 is 43.1. The van der Waals surface area contributed by atoms with E-state index in [1.165, 1.54) is 11.1 Å². The number of aromatic hydroxyl groups is 1. The molecule has 8 heteroatoms. The number of hydrogen-bond donors (Lipinski definition) is 1.